The van der Waals surface area contributed by atoms with Crippen molar-refractivity contribution < 1.29 is 32.4 Å². The number of methoxy groups -OCH3 is 1. The predicted molar refractivity (Wildman–Crippen MR) is 149 cm³/mol. The fourth-order valence-electron chi connectivity index (χ4n) is 4.47. The summed E-state index contributed by atoms with van der Waals surface area (Å²) in [6.45, 7) is 3.88. The molecule has 3 rings (SSSR count). The average Bonchev–Trinajstić information content (AvgIpc) is 3.19. The van der Waals surface area contributed by atoms with Crippen LogP contribution < -0.4 is 15.8 Å². The second-order valence-electron chi connectivity index (χ2n) is 9.94. The summed E-state index contributed by atoms with van der Waals surface area (Å²) < 4.78 is 29.2. The first-order chi connectivity index (χ1) is 18.9. The van der Waals surface area contributed by atoms with Gasteiger partial charge in [0.25, 0.3) is 11.8 Å². The number of carbonyl (C=O) groups excluding carboxylic acids is 3. The number of aromatic nitrogens is 2. The van der Waals surface area contributed by atoms with Gasteiger partial charge in [0.2, 0.25) is 5.95 Å². The maximum absolute atomic E-state index is 12.5. The van der Waals surface area contributed by atoms with Crippen molar-refractivity contribution in [3.63, 3.8) is 0 Å². The van der Waals surface area contributed by atoms with E-state index in [1.54, 1.807) is 18.2 Å². The van der Waals surface area contributed by atoms with Crippen LogP contribution in [0, 0.1) is 6.92 Å². The highest BCUT2D eigenvalue weighted by molar-refractivity contribution is 7.90. The number of hydrogen-bond acceptors (Lipinski definition) is 11. The zero-order chi connectivity index (χ0) is 29.4. The van der Waals surface area contributed by atoms with Crippen molar-refractivity contribution in [1.82, 2.24) is 15.0 Å². The molecule has 0 unspecified atom stereocenters. The molecule has 1 atom stereocenters. The van der Waals surface area contributed by atoms with Gasteiger partial charge in [-0.15, -0.1) is 5.06 Å². The molecule has 1 saturated heterocycles. The van der Waals surface area contributed by atoms with Crippen molar-refractivity contribution in [2.24, 2.45) is 0 Å². The summed E-state index contributed by atoms with van der Waals surface area (Å²) in [5, 5.41) is 3.94. The molecule has 0 bridgehead atoms. The molecular weight excluding hydrogens is 538 g/mol. The Hall–Kier alpha value is -3.74. The van der Waals surface area contributed by atoms with Gasteiger partial charge in [-0.05, 0) is 37.0 Å². The third-order valence-corrected chi connectivity index (χ3v) is 7.55. The van der Waals surface area contributed by atoms with E-state index >= 15 is 0 Å². The van der Waals surface area contributed by atoms with E-state index in [1.165, 1.54) is 13.4 Å². The van der Waals surface area contributed by atoms with Gasteiger partial charge in [-0.1, -0.05) is 31.9 Å². The number of anilines is 2. The molecule has 1 aromatic carbocycles. The Balaban J connectivity index is 1.86. The number of hydroxylamine groups is 2. The molecule has 218 valence electrons. The van der Waals surface area contributed by atoms with E-state index in [9.17, 15) is 22.8 Å². The first kappa shape index (κ1) is 30.8. The number of sulfone groups is 1. The van der Waals surface area contributed by atoms with Crippen LogP contribution in [0.3, 0.4) is 0 Å². The van der Waals surface area contributed by atoms with Crippen molar-refractivity contribution in [2.45, 2.75) is 71.3 Å². The molecule has 2 amide bonds. The van der Waals surface area contributed by atoms with Crippen LogP contribution in [0.4, 0.5) is 11.8 Å². The minimum atomic E-state index is -3.14. The van der Waals surface area contributed by atoms with E-state index < -0.39 is 27.6 Å². The second-order valence-corrected chi connectivity index (χ2v) is 12.2. The molecule has 1 aromatic heterocycles. The van der Waals surface area contributed by atoms with E-state index in [4.69, 9.17) is 15.3 Å². The molecule has 1 aliphatic rings. The van der Waals surface area contributed by atoms with Crippen LogP contribution in [-0.4, -0.2) is 66.4 Å². The van der Waals surface area contributed by atoms with Crippen LogP contribution >= 0.6 is 0 Å². The van der Waals surface area contributed by atoms with Gasteiger partial charge in [-0.25, -0.2) is 18.2 Å². The van der Waals surface area contributed by atoms with Gasteiger partial charge >= 0.3 is 5.97 Å². The Bertz CT molecular complexity index is 1350. The molecular formula is C27H37N5O7S. The number of aryl methyl sites for hydroxylation is 1. The molecule has 0 radical (unpaired) electrons. The van der Waals surface area contributed by atoms with Crippen LogP contribution in [-0.2, 0) is 41.9 Å². The lowest BCUT2D eigenvalue weighted by Crippen LogP contribution is -2.32. The van der Waals surface area contributed by atoms with Gasteiger partial charge in [0.1, 0.15) is 21.4 Å². The number of unbranched alkanes of at least 4 members (excludes halogenated alkanes) is 1. The Morgan fingerprint density at radius 2 is 1.88 bits per heavy atom. The highest BCUT2D eigenvalue weighted by atomic mass is 32.2. The first-order valence-corrected chi connectivity index (χ1v) is 15.3. The van der Waals surface area contributed by atoms with Crippen molar-refractivity contribution in [1.29, 1.82) is 0 Å². The molecule has 0 spiro atoms. The number of benzene rings is 1. The smallest absolute Gasteiger partial charge is 0.337 e. The van der Waals surface area contributed by atoms with Gasteiger partial charge in [0.15, 0.2) is 0 Å². The molecule has 2 heterocycles. The zero-order valence-electron chi connectivity index (χ0n) is 23.4. The fraction of sp³-hybridized carbons (Fsp3) is 0.519. The van der Waals surface area contributed by atoms with E-state index in [0.717, 1.165) is 30.4 Å². The predicted octanol–water partition coefficient (Wildman–Crippen LogP) is 2.52. The molecule has 1 fully saturated rings. The number of imide groups is 1. The highest BCUT2D eigenvalue weighted by Gasteiger charge is 2.32. The Kier molecular flexibility index (Phi) is 10.4. The molecule has 12 nitrogen and oxygen atoms in total. The average molecular weight is 576 g/mol. The number of hydrogen-bond donors (Lipinski definition) is 2. The van der Waals surface area contributed by atoms with Gasteiger partial charge in [-0.2, -0.15) is 4.98 Å². The van der Waals surface area contributed by atoms with Crippen LogP contribution in [0.5, 0.6) is 5.75 Å². The maximum atomic E-state index is 12.5. The van der Waals surface area contributed by atoms with Crippen molar-refractivity contribution in [3.8, 4) is 5.75 Å². The minimum Gasteiger partial charge on any atom is -0.496 e. The van der Waals surface area contributed by atoms with Gasteiger partial charge in [-0.3, -0.25) is 9.59 Å². The van der Waals surface area contributed by atoms with Crippen molar-refractivity contribution in [2.75, 3.05) is 30.2 Å². The number of nitrogens with two attached hydrogens (primary N) is 1. The summed E-state index contributed by atoms with van der Waals surface area (Å²) in [7, 11) is -1.60. The summed E-state index contributed by atoms with van der Waals surface area (Å²) >= 11 is 0. The van der Waals surface area contributed by atoms with Crippen molar-refractivity contribution >= 4 is 39.4 Å². The summed E-state index contributed by atoms with van der Waals surface area (Å²) in [5.74, 6) is -0.595. The number of nitrogen functional groups attached to an aromatic ring is 1. The lowest BCUT2D eigenvalue weighted by Gasteiger charge is -2.22. The van der Waals surface area contributed by atoms with E-state index in [0.29, 0.717) is 40.7 Å². The number of amides is 2. The SMILES string of the molecule is CCCC[C@@H](CCS(C)(=O)=O)Nc1nc(N)nc(C)c1Cc1cc(CC(=O)ON2C(=O)CCC2=O)ccc1OC. The minimum absolute atomic E-state index is 0.0196. The molecule has 2 aromatic rings. The van der Waals surface area contributed by atoms with Crippen LogP contribution in [0.15, 0.2) is 18.2 Å². The highest BCUT2D eigenvalue weighted by Crippen LogP contribution is 2.29. The molecule has 40 heavy (non-hydrogen) atoms. The number of rotatable bonds is 14. The third kappa shape index (κ3) is 8.63. The Morgan fingerprint density at radius 1 is 1.18 bits per heavy atom. The molecule has 1 aliphatic heterocycles. The Labute approximate surface area is 234 Å². The molecule has 13 heteroatoms. The van der Waals surface area contributed by atoms with Gasteiger partial charge in [0, 0.05) is 42.8 Å². The lowest BCUT2D eigenvalue weighted by molar-refractivity contribution is -0.197. The normalized spacial score (nSPS) is 14.3. The Morgan fingerprint density at radius 3 is 2.50 bits per heavy atom. The number of nitrogens with one attached hydrogen (secondary N) is 1. The quantitative estimate of drug-likeness (QED) is 0.317. The maximum Gasteiger partial charge on any atom is 0.337 e. The van der Waals surface area contributed by atoms with E-state index in [2.05, 4.69) is 22.2 Å². The van der Waals surface area contributed by atoms with Gasteiger partial charge in [0.05, 0.1) is 19.3 Å². The zero-order valence-corrected chi connectivity index (χ0v) is 24.2. The monoisotopic (exact) mass is 575 g/mol. The summed E-state index contributed by atoms with van der Waals surface area (Å²) in [4.78, 5) is 49.8. The number of carbonyl (C=O) groups is 3. The summed E-state index contributed by atoms with van der Waals surface area (Å²) in [6, 6.07) is 5.07. The van der Waals surface area contributed by atoms with E-state index in [1.807, 2.05) is 6.92 Å². The molecule has 0 saturated carbocycles. The fourth-order valence-corrected chi connectivity index (χ4v) is 5.18. The topological polar surface area (TPSA) is 171 Å². The third-order valence-electron chi connectivity index (χ3n) is 6.57. The first-order valence-electron chi connectivity index (χ1n) is 13.2. The summed E-state index contributed by atoms with van der Waals surface area (Å²) in [6.07, 6.45) is 4.48. The van der Waals surface area contributed by atoms with Crippen LogP contribution in [0.2, 0.25) is 0 Å². The number of ether oxygens (including phenoxy) is 1. The van der Waals surface area contributed by atoms with E-state index in [-0.39, 0.29) is 37.0 Å². The van der Waals surface area contributed by atoms with Crippen molar-refractivity contribution in [3.05, 3.63) is 40.6 Å². The molecule has 0 aliphatic carbocycles. The van der Waals surface area contributed by atoms with Gasteiger partial charge < -0.3 is 20.6 Å². The standard InChI is InChI=1S/C27H37N5O7S/c1-5-6-7-20(12-13-40(4,36)37)30-26-21(17(2)29-27(28)31-26)16-19-14-18(8-9-22(19)38-3)15-25(35)39-32-23(33)10-11-24(32)34/h8-9,14,20H,5-7,10-13,15-16H2,1-4H3,(H3,28,29,30,31)/t20-/m0/s1. The lowest BCUT2D eigenvalue weighted by atomic mass is 9.99. The second kappa shape index (κ2) is 13.6. The largest absolute Gasteiger partial charge is 0.496 e. The molecule has 3 N–H and O–H groups in total. The van der Waals surface area contributed by atoms with Crippen LogP contribution in [0.25, 0.3) is 0 Å². The summed E-state index contributed by atoms with van der Waals surface area (Å²) in [5.41, 5.74) is 8.70. The number of nitrogens with zero attached hydrogens (tertiary/aromatic N) is 3. The van der Waals surface area contributed by atoms with Crippen LogP contribution in [0.1, 0.15) is 67.8 Å².